The Hall–Kier alpha value is -1.95. The fourth-order valence-electron chi connectivity index (χ4n) is 1.55. The first kappa shape index (κ1) is 11.5. The van der Waals surface area contributed by atoms with Crippen LogP contribution in [0.4, 0.5) is 5.69 Å². The van der Waals surface area contributed by atoms with Gasteiger partial charge in [0.25, 0.3) is 5.56 Å². The number of nitrogens with zero attached hydrogens (tertiary/aromatic N) is 3. The molecule has 2 aromatic heterocycles. The third kappa shape index (κ3) is 1.76. The molecule has 88 valence electrons. The van der Waals surface area contributed by atoms with Crippen LogP contribution in [0.3, 0.4) is 0 Å². The number of hydrogen-bond acceptors (Lipinski definition) is 4. The predicted molar refractivity (Wildman–Crippen MR) is 62.6 cm³/mol. The summed E-state index contributed by atoms with van der Waals surface area (Å²) in [4.78, 5) is 26.1. The van der Waals surface area contributed by atoms with Gasteiger partial charge in [0.2, 0.25) is 5.65 Å². The second kappa shape index (κ2) is 3.81. The van der Waals surface area contributed by atoms with Gasteiger partial charge in [-0.05, 0) is 19.4 Å². The van der Waals surface area contributed by atoms with Crippen molar-refractivity contribution in [1.82, 2.24) is 9.38 Å². The van der Waals surface area contributed by atoms with Gasteiger partial charge in [-0.25, -0.2) is 4.98 Å². The molecule has 0 spiro atoms. The predicted octanol–water partition coefficient (Wildman–Crippen LogP) is 1.87. The number of hydrogen-bond donors (Lipinski definition) is 0. The highest BCUT2D eigenvalue weighted by atomic mass is 35.5. The summed E-state index contributed by atoms with van der Waals surface area (Å²) in [5.41, 5.74) is 0.205. The summed E-state index contributed by atoms with van der Waals surface area (Å²) in [5.74, 6) is 0. The van der Waals surface area contributed by atoms with Crippen LogP contribution in [0.5, 0.6) is 0 Å². The molecule has 0 aliphatic rings. The Morgan fingerprint density at radius 2 is 2.12 bits per heavy atom. The van der Waals surface area contributed by atoms with Gasteiger partial charge in [0, 0.05) is 12.3 Å². The van der Waals surface area contributed by atoms with Crippen molar-refractivity contribution in [2.24, 2.45) is 0 Å². The molecule has 0 aliphatic heterocycles. The van der Waals surface area contributed by atoms with Crippen molar-refractivity contribution in [2.45, 2.75) is 13.8 Å². The third-order valence-electron chi connectivity index (χ3n) is 2.40. The first-order valence-corrected chi connectivity index (χ1v) is 5.13. The minimum atomic E-state index is -0.583. The van der Waals surface area contributed by atoms with Gasteiger partial charge in [0.05, 0.1) is 10.5 Å². The van der Waals surface area contributed by atoms with Crippen molar-refractivity contribution in [1.29, 1.82) is 0 Å². The number of pyridine rings is 1. The fraction of sp³-hybridized carbons (Fsp3) is 0.200. The molecule has 7 heteroatoms. The Bertz CT molecular complexity index is 693. The van der Waals surface area contributed by atoms with Crippen LogP contribution in [-0.2, 0) is 0 Å². The normalized spacial score (nSPS) is 10.8. The van der Waals surface area contributed by atoms with E-state index in [9.17, 15) is 14.9 Å². The number of aromatic nitrogens is 2. The van der Waals surface area contributed by atoms with Crippen molar-refractivity contribution in [3.63, 3.8) is 0 Å². The maximum absolute atomic E-state index is 11.9. The summed E-state index contributed by atoms with van der Waals surface area (Å²) < 4.78 is 1.15. The lowest BCUT2D eigenvalue weighted by Gasteiger charge is -2.05. The van der Waals surface area contributed by atoms with Crippen LogP contribution in [0, 0.1) is 24.0 Å². The number of fused-ring (bicyclic) bond motifs is 1. The first-order chi connectivity index (χ1) is 7.91. The fourth-order valence-corrected chi connectivity index (χ4v) is 1.71. The molecule has 0 aliphatic carbocycles. The van der Waals surface area contributed by atoms with Gasteiger partial charge in [0.15, 0.2) is 0 Å². The lowest BCUT2D eigenvalue weighted by molar-refractivity contribution is -0.383. The highest BCUT2D eigenvalue weighted by Crippen LogP contribution is 2.20. The number of halogens is 1. The van der Waals surface area contributed by atoms with Gasteiger partial charge in [-0.1, -0.05) is 11.6 Å². The minimum absolute atomic E-state index is 0.0121. The van der Waals surface area contributed by atoms with Gasteiger partial charge in [0.1, 0.15) is 5.15 Å². The van der Waals surface area contributed by atoms with Crippen LogP contribution in [0.2, 0.25) is 5.15 Å². The van der Waals surface area contributed by atoms with Crippen molar-refractivity contribution in [3.05, 3.63) is 49.0 Å². The summed E-state index contributed by atoms with van der Waals surface area (Å²) in [5, 5.41) is 10.9. The number of nitro groups is 1. The Morgan fingerprint density at radius 3 is 2.71 bits per heavy atom. The molecule has 0 aromatic carbocycles. The van der Waals surface area contributed by atoms with Gasteiger partial charge >= 0.3 is 5.69 Å². The maximum atomic E-state index is 11.9. The van der Waals surface area contributed by atoms with Crippen LogP contribution >= 0.6 is 11.6 Å². The maximum Gasteiger partial charge on any atom is 0.312 e. The molecule has 0 bridgehead atoms. The van der Waals surface area contributed by atoms with E-state index in [1.807, 2.05) is 0 Å². The average Bonchev–Trinajstić information content (AvgIpc) is 2.26. The molecule has 2 aromatic rings. The third-order valence-corrected chi connectivity index (χ3v) is 2.77. The van der Waals surface area contributed by atoms with Gasteiger partial charge in [-0.2, -0.15) is 0 Å². The van der Waals surface area contributed by atoms with Gasteiger partial charge in [-0.3, -0.25) is 19.3 Å². The molecule has 2 rings (SSSR count). The van der Waals surface area contributed by atoms with E-state index in [0.717, 1.165) is 4.40 Å². The Labute approximate surface area is 101 Å². The molecule has 0 fully saturated rings. The molecule has 0 N–H and O–H groups in total. The summed E-state index contributed by atoms with van der Waals surface area (Å²) in [7, 11) is 0. The lowest BCUT2D eigenvalue weighted by Crippen LogP contribution is -2.19. The van der Waals surface area contributed by atoms with E-state index in [4.69, 9.17) is 11.6 Å². The van der Waals surface area contributed by atoms with Crippen LogP contribution in [0.1, 0.15) is 11.1 Å². The quantitative estimate of drug-likeness (QED) is 0.442. The summed E-state index contributed by atoms with van der Waals surface area (Å²) in [6, 6.07) is 1.35. The molecule has 0 saturated heterocycles. The van der Waals surface area contributed by atoms with E-state index < -0.39 is 10.5 Å². The summed E-state index contributed by atoms with van der Waals surface area (Å²) in [6.45, 7) is 3.20. The zero-order chi connectivity index (χ0) is 12.7. The van der Waals surface area contributed by atoms with E-state index in [2.05, 4.69) is 4.98 Å². The lowest BCUT2D eigenvalue weighted by atomic mass is 10.2. The van der Waals surface area contributed by atoms with E-state index in [1.54, 1.807) is 6.92 Å². The number of rotatable bonds is 1. The highest BCUT2D eigenvalue weighted by molar-refractivity contribution is 6.30. The molecule has 17 heavy (non-hydrogen) atoms. The molecule has 0 unspecified atom stereocenters. The molecular formula is C10H8ClN3O3. The molecule has 0 saturated carbocycles. The molecule has 6 nitrogen and oxygen atoms in total. The van der Waals surface area contributed by atoms with Crippen LogP contribution < -0.4 is 5.56 Å². The smallest absolute Gasteiger partial charge is 0.269 e. The first-order valence-electron chi connectivity index (χ1n) is 4.75. The Morgan fingerprint density at radius 1 is 1.47 bits per heavy atom. The second-order valence-corrected chi connectivity index (χ2v) is 4.04. The monoisotopic (exact) mass is 253 g/mol. The SMILES string of the molecule is Cc1cc([N+](=O)[O-])c2nc(Cl)c(C)c(=O)n2c1. The van der Waals surface area contributed by atoms with Crippen molar-refractivity contribution < 1.29 is 4.92 Å². The molecule has 0 radical (unpaired) electrons. The number of aryl methyl sites for hydroxylation is 1. The molecule has 2 heterocycles. The second-order valence-electron chi connectivity index (χ2n) is 3.69. The Balaban J connectivity index is 3.05. The molecular weight excluding hydrogens is 246 g/mol. The van der Waals surface area contributed by atoms with E-state index in [-0.39, 0.29) is 22.1 Å². The minimum Gasteiger partial charge on any atom is -0.269 e. The zero-order valence-corrected chi connectivity index (χ0v) is 9.85. The van der Waals surface area contributed by atoms with E-state index in [1.165, 1.54) is 19.2 Å². The highest BCUT2D eigenvalue weighted by Gasteiger charge is 2.17. The largest absolute Gasteiger partial charge is 0.312 e. The standard InChI is InChI=1S/C10H8ClN3O3/c1-5-3-7(14(16)17)9-12-8(11)6(2)10(15)13(9)4-5/h3-4H,1-2H3. The summed E-state index contributed by atoms with van der Waals surface area (Å²) >= 11 is 5.76. The van der Waals surface area contributed by atoms with Crippen molar-refractivity contribution >= 4 is 22.9 Å². The van der Waals surface area contributed by atoms with Gasteiger partial charge < -0.3 is 0 Å². The van der Waals surface area contributed by atoms with Crippen LogP contribution in [0.15, 0.2) is 17.1 Å². The summed E-state index contributed by atoms with van der Waals surface area (Å²) in [6.07, 6.45) is 1.50. The zero-order valence-electron chi connectivity index (χ0n) is 9.10. The molecule has 0 amide bonds. The van der Waals surface area contributed by atoms with Crippen LogP contribution in [-0.4, -0.2) is 14.3 Å². The molecule has 0 atom stereocenters. The van der Waals surface area contributed by atoms with Crippen LogP contribution in [0.25, 0.3) is 5.65 Å². The van der Waals surface area contributed by atoms with E-state index in [0.29, 0.717) is 5.56 Å². The Kier molecular flexibility index (Phi) is 2.59. The van der Waals surface area contributed by atoms with Crippen molar-refractivity contribution in [3.8, 4) is 0 Å². The van der Waals surface area contributed by atoms with Gasteiger partial charge in [-0.15, -0.1) is 0 Å². The van der Waals surface area contributed by atoms with Crippen molar-refractivity contribution in [2.75, 3.05) is 0 Å². The topological polar surface area (TPSA) is 77.5 Å². The average molecular weight is 254 g/mol. The van der Waals surface area contributed by atoms with E-state index >= 15 is 0 Å².